The summed E-state index contributed by atoms with van der Waals surface area (Å²) in [7, 11) is 1.71. The Hall–Kier alpha value is -1.82. The molecule has 3 rings (SSSR count). The lowest BCUT2D eigenvalue weighted by Gasteiger charge is -2.42. The van der Waals surface area contributed by atoms with Crippen molar-refractivity contribution in [1.29, 1.82) is 0 Å². The van der Waals surface area contributed by atoms with Gasteiger partial charge in [-0.1, -0.05) is 0 Å². The largest absolute Gasteiger partial charge is 0.459 e. The van der Waals surface area contributed by atoms with Crippen molar-refractivity contribution in [1.82, 2.24) is 9.80 Å². The Labute approximate surface area is 142 Å². The molecular weight excluding hydrogens is 308 g/mol. The van der Waals surface area contributed by atoms with Crippen LogP contribution in [0.2, 0.25) is 0 Å². The quantitative estimate of drug-likeness (QED) is 0.847. The van der Waals surface area contributed by atoms with Gasteiger partial charge in [0.2, 0.25) is 5.91 Å². The first-order valence-electron chi connectivity index (χ1n) is 8.54. The van der Waals surface area contributed by atoms with Gasteiger partial charge in [-0.05, 0) is 31.2 Å². The number of rotatable bonds is 3. The van der Waals surface area contributed by atoms with Crippen LogP contribution in [-0.2, 0) is 9.53 Å². The van der Waals surface area contributed by atoms with E-state index in [4.69, 9.17) is 9.15 Å². The Morgan fingerprint density at radius 3 is 2.58 bits per heavy atom. The number of piperidine rings is 1. The van der Waals surface area contributed by atoms with Crippen molar-refractivity contribution in [3.05, 3.63) is 23.7 Å². The van der Waals surface area contributed by atoms with Crippen LogP contribution < -0.4 is 0 Å². The van der Waals surface area contributed by atoms with E-state index in [9.17, 15) is 9.59 Å². The summed E-state index contributed by atoms with van der Waals surface area (Å²) in [6, 6.07) is 1.81. The van der Waals surface area contributed by atoms with Gasteiger partial charge in [0.05, 0.1) is 12.9 Å². The minimum absolute atomic E-state index is 0.0305. The fourth-order valence-corrected chi connectivity index (χ4v) is 4.16. The van der Waals surface area contributed by atoms with Crippen LogP contribution in [0.1, 0.15) is 35.9 Å². The molecule has 0 radical (unpaired) electrons. The summed E-state index contributed by atoms with van der Waals surface area (Å²) in [5.41, 5.74) is 0.942. The van der Waals surface area contributed by atoms with Gasteiger partial charge in [0, 0.05) is 51.7 Å². The maximum absolute atomic E-state index is 12.6. The highest BCUT2D eigenvalue weighted by atomic mass is 16.5. The molecule has 2 amide bonds. The van der Waals surface area contributed by atoms with Gasteiger partial charge in [0.1, 0.15) is 0 Å². The van der Waals surface area contributed by atoms with Crippen LogP contribution in [0.15, 0.2) is 16.7 Å². The number of carbonyl (C=O) groups is 2. The lowest BCUT2D eigenvalue weighted by molar-refractivity contribution is -0.128. The molecule has 2 fully saturated rings. The summed E-state index contributed by atoms with van der Waals surface area (Å²) < 4.78 is 10.7. The van der Waals surface area contributed by atoms with E-state index in [1.807, 2.05) is 22.8 Å². The molecule has 0 aliphatic carbocycles. The van der Waals surface area contributed by atoms with Crippen molar-refractivity contribution in [3.63, 3.8) is 0 Å². The summed E-state index contributed by atoms with van der Waals surface area (Å²) in [4.78, 5) is 28.2. The van der Waals surface area contributed by atoms with Crippen molar-refractivity contribution in [2.45, 2.75) is 26.7 Å². The standard InChI is InChI=1S/C18H26N2O4/c1-13-4-9-24-16(13)17(22)19-7-5-18(6-8-19)12-20(14(2)21)10-15(18)11-23-3/h4,9,15H,5-8,10-12H2,1-3H3. The van der Waals surface area contributed by atoms with E-state index in [0.717, 1.165) is 31.5 Å². The van der Waals surface area contributed by atoms with E-state index in [-0.39, 0.29) is 17.2 Å². The molecule has 132 valence electrons. The lowest BCUT2D eigenvalue weighted by Crippen LogP contribution is -2.47. The molecule has 1 spiro atoms. The number of hydrogen-bond donors (Lipinski definition) is 0. The highest BCUT2D eigenvalue weighted by molar-refractivity contribution is 5.92. The van der Waals surface area contributed by atoms with Crippen molar-refractivity contribution in [3.8, 4) is 0 Å². The van der Waals surface area contributed by atoms with E-state index in [1.54, 1.807) is 20.3 Å². The maximum atomic E-state index is 12.6. The normalized spacial score (nSPS) is 23.0. The molecule has 3 heterocycles. The first kappa shape index (κ1) is 17.0. The molecule has 1 aromatic rings. The molecule has 2 aliphatic rings. The molecule has 2 saturated heterocycles. The summed E-state index contributed by atoms with van der Waals surface area (Å²) in [5.74, 6) is 0.875. The van der Waals surface area contributed by atoms with Crippen LogP contribution in [-0.4, -0.2) is 61.5 Å². The number of likely N-dealkylation sites (tertiary alicyclic amines) is 2. The van der Waals surface area contributed by atoms with Gasteiger partial charge < -0.3 is 19.0 Å². The summed E-state index contributed by atoms with van der Waals surface area (Å²) in [6.07, 6.45) is 3.36. The molecule has 0 N–H and O–H groups in total. The molecule has 1 atom stereocenters. The Balaban J connectivity index is 1.69. The number of methoxy groups -OCH3 is 1. The monoisotopic (exact) mass is 334 g/mol. The second-order valence-corrected chi connectivity index (χ2v) is 7.14. The van der Waals surface area contributed by atoms with Crippen molar-refractivity contribution in [2.75, 3.05) is 39.9 Å². The smallest absolute Gasteiger partial charge is 0.289 e. The van der Waals surface area contributed by atoms with Crippen LogP contribution in [0, 0.1) is 18.3 Å². The summed E-state index contributed by atoms with van der Waals surface area (Å²) in [6.45, 7) is 7.11. The maximum Gasteiger partial charge on any atom is 0.289 e. The molecular formula is C18H26N2O4. The molecule has 24 heavy (non-hydrogen) atoms. The minimum atomic E-state index is -0.0305. The van der Waals surface area contributed by atoms with E-state index in [1.165, 1.54) is 0 Å². The number of hydrogen-bond acceptors (Lipinski definition) is 4. The summed E-state index contributed by atoms with van der Waals surface area (Å²) >= 11 is 0. The van der Waals surface area contributed by atoms with Crippen LogP contribution >= 0.6 is 0 Å². The fraction of sp³-hybridized carbons (Fsp3) is 0.667. The Morgan fingerprint density at radius 2 is 2.04 bits per heavy atom. The molecule has 0 bridgehead atoms. The Morgan fingerprint density at radius 1 is 1.33 bits per heavy atom. The number of furan rings is 1. The molecule has 6 nitrogen and oxygen atoms in total. The van der Waals surface area contributed by atoms with E-state index in [0.29, 0.717) is 31.4 Å². The van der Waals surface area contributed by atoms with E-state index < -0.39 is 0 Å². The summed E-state index contributed by atoms with van der Waals surface area (Å²) in [5, 5.41) is 0. The fourth-order valence-electron chi connectivity index (χ4n) is 4.16. The molecule has 0 saturated carbocycles. The molecule has 1 unspecified atom stereocenters. The third-order valence-electron chi connectivity index (χ3n) is 5.73. The first-order valence-corrected chi connectivity index (χ1v) is 8.54. The lowest BCUT2D eigenvalue weighted by atomic mass is 9.71. The number of carbonyl (C=O) groups excluding carboxylic acids is 2. The highest BCUT2D eigenvalue weighted by Gasteiger charge is 2.49. The second kappa shape index (κ2) is 6.59. The zero-order chi connectivity index (χ0) is 17.3. The van der Waals surface area contributed by atoms with E-state index >= 15 is 0 Å². The Bertz CT molecular complexity index is 616. The second-order valence-electron chi connectivity index (χ2n) is 7.14. The third kappa shape index (κ3) is 2.95. The van der Waals surface area contributed by atoms with Crippen molar-refractivity contribution < 1.29 is 18.7 Å². The third-order valence-corrected chi connectivity index (χ3v) is 5.73. The minimum Gasteiger partial charge on any atom is -0.459 e. The van der Waals surface area contributed by atoms with Gasteiger partial charge in [0.15, 0.2) is 5.76 Å². The van der Waals surface area contributed by atoms with Gasteiger partial charge in [-0.3, -0.25) is 9.59 Å². The zero-order valence-electron chi connectivity index (χ0n) is 14.7. The van der Waals surface area contributed by atoms with Gasteiger partial charge in [-0.15, -0.1) is 0 Å². The predicted molar refractivity (Wildman–Crippen MR) is 88.6 cm³/mol. The zero-order valence-corrected chi connectivity index (χ0v) is 14.7. The average molecular weight is 334 g/mol. The SMILES string of the molecule is COCC1CN(C(C)=O)CC12CCN(C(=O)c1occc1C)CC2. The van der Waals surface area contributed by atoms with Gasteiger partial charge in [-0.2, -0.15) is 0 Å². The topological polar surface area (TPSA) is 63.0 Å². The predicted octanol–water partition coefficient (Wildman–Crippen LogP) is 1.94. The number of aryl methyl sites for hydroxylation is 1. The highest BCUT2D eigenvalue weighted by Crippen LogP contribution is 2.45. The number of amides is 2. The molecule has 6 heteroatoms. The number of ether oxygens (including phenoxy) is 1. The average Bonchev–Trinajstić information content (AvgIpc) is 3.13. The molecule has 2 aliphatic heterocycles. The first-order chi connectivity index (χ1) is 11.5. The van der Waals surface area contributed by atoms with Gasteiger partial charge in [0.25, 0.3) is 5.91 Å². The van der Waals surface area contributed by atoms with E-state index in [2.05, 4.69) is 0 Å². The van der Waals surface area contributed by atoms with Crippen LogP contribution in [0.25, 0.3) is 0 Å². The molecule has 0 aromatic carbocycles. The van der Waals surface area contributed by atoms with Crippen molar-refractivity contribution in [2.24, 2.45) is 11.3 Å². The van der Waals surface area contributed by atoms with Gasteiger partial charge >= 0.3 is 0 Å². The molecule has 1 aromatic heterocycles. The van der Waals surface area contributed by atoms with Crippen LogP contribution in [0.4, 0.5) is 0 Å². The van der Waals surface area contributed by atoms with Crippen LogP contribution in [0.3, 0.4) is 0 Å². The Kier molecular flexibility index (Phi) is 4.67. The van der Waals surface area contributed by atoms with Crippen LogP contribution in [0.5, 0.6) is 0 Å². The number of nitrogens with zero attached hydrogens (tertiary/aromatic N) is 2. The van der Waals surface area contributed by atoms with Crippen molar-refractivity contribution >= 4 is 11.8 Å². The van der Waals surface area contributed by atoms with Gasteiger partial charge in [-0.25, -0.2) is 0 Å².